The average Bonchev–Trinajstić information content (AvgIpc) is 2.48. The molecular weight excluding hydrogens is 192 g/mol. The lowest BCUT2D eigenvalue weighted by Crippen LogP contribution is -2.45. The molecule has 1 atom stereocenters. The summed E-state index contributed by atoms with van der Waals surface area (Å²) in [6.45, 7) is 8.87. The number of carbonyl (C=O) groups is 1. The molecule has 1 saturated carbocycles. The van der Waals surface area contributed by atoms with Crippen LogP contribution >= 0.6 is 0 Å². The van der Waals surface area contributed by atoms with Gasteiger partial charge in [-0.15, -0.1) is 0 Å². The van der Waals surface area contributed by atoms with Crippen LogP contribution in [-0.4, -0.2) is 31.7 Å². The van der Waals surface area contributed by atoms with Gasteiger partial charge in [0.25, 0.3) is 0 Å². The molecule has 0 bridgehead atoms. The highest BCUT2D eigenvalue weighted by Crippen LogP contribution is 2.62. The molecule has 15 heavy (non-hydrogen) atoms. The lowest BCUT2D eigenvalue weighted by molar-refractivity contribution is -0.123. The van der Waals surface area contributed by atoms with Gasteiger partial charge >= 0.3 is 0 Å². The molecule has 1 unspecified atom stereocenters. The number of hydrogen-bond acceptors (Lipinski definition) is 3. The Kier molecular flexibility index (Phi) is 3.12. The van der Waals surface area contributed by atoms with Gasteiger partial charge in [-0.25, -0.2) is 0 Å². The smallest absolute Gasteiger partial charge is 0.239 e. The van der Waals surface area contributed by atoms with Gasteiger partial charge in [-0.05, 0) is 10.8 Å². The summed E-state index contributed by atoms with van der Waals surface area (Å²) in [5.74, 6) is -0.125. The van der Waals surface area contributed by atoms with Gasteiger partial charge in [-0.1, -0.05) is 27.7 Å². The second kappa shape index (κ2) is 3.76. The van der Waals surface area contributed by atoms with Crippen LogP contribution in [0, 0.1) is 10.8 Å². The molecule has 4 heteroatoms. The summed E-state index contributed by atoms with van der Waals surface area (Å²) in [6.07, 6.45) is 0. The molecule has 0 aromatic heterocycles. The molecule has 4 nitrogen and oxygen atoms in total. The molecule has 0 aromatic rings. The van der Waals surface area contributed by atoms with Crippen LogP contribution in [0.1, 0.15) is 27.7 Å². The standard InChI is InChI=1S/C11H22N2O2/c1-10(2)9(11(10,3)4)13-8(14)7(12)6-15-5/h7,9H,6,12H2,1-5H3,(H,13,14). The fraction of sp³-hybridized carbons (Fsp3) is 0.909. The summed E-state index contributed by atoms with van der Waals surface area (Å²) in [6, 6.07) is -0.359. The summed E-state index contributed by atoms with van der Waals surface area (Å²) in [7, 11) is 1.54. The third-order valence-electron chi connectivity index (χ3n) is 3.99. The predicted octanol–water partition coefficient (Wildman–Crippen LogP) is 0.511. The van der Waals surface area contributed by atoms with Gasteiger partial charge in [0.1, 0.15) is 6.04 Å². The Hall–Kier alpha value is -0.610. The second-order valence-electron chi connectivity index (χ2n) is 5.45. The first-order valence-corrected chi connectivity index (χ1v) is 5.30. The van der Waals surface area contributed by atoms with E-state index in [0.29, 0.717) is 0 Å². The van der Waals surface area contributed by atoms with Gasteiger partial charge in [0.2, 0.25) is 5.91 Å². The molecule has 0 spiro atoms. The van der Waals surface area contributed by atoms with Crippen molar-refractivity contribution in [1.82, 2.24) is 5.32 Å². The van der Waals surface area contributed by atoms with Crippen molar-refractivity contribution in [1.29, 1.82) is 0 Å². The third-order valence-corrected chi connectivity index (χ3v) is 3.99. The van der Waals surface area contributed by atoms with E-state index >= 15 is 0 Å². The van der Waals surface area contributed by atoms with E-state index in [-0.39, 0.29) is 29.4 Å². The normalized spacial score (nSPS) is 24.7. The molecule has 0 aliphatic heterocycles. The molecule has 0 radical (unpaired) electrons. The Morgan fingerprint density at radius 2 is 1.87 bits per heavy atom. The Labute approximate surface area is 91.5 Å². The summed E-state index contributed by atoms with van der Waals surface area (Å²) in [4.78, 5) is 11.6. The maximum absolute atomic E-state index is 11.6. The zero-order chi connectivity index (χ0) is 11.9. The lowest BCUT2D eigenvalue weighted by atomic mass is 10.0. The summed E-state index contributed by atoms with van der Waals surface area (Å²) < 4.78 is 4.84. The zero-order valence-electron chi connectivity index (χ0n) is 10.3. The van der Waals surface area contributed by atoms with Crippen LogP contribution < -0.4 is 11.1 Å². The van der Waals surface area contributed by atoms with E-state index in [4.69, 9.17) is 10.5 Å². The molecule has 1 aliphatic rings. The van der Waals surface area contributed by atoms with Crippen LogP contribution in [-0.2, 0) is 9.53 Å². The van der Waals surface area contributed by atoms with Crippen LogP contribution in [0.5, 0.6) is 0 Å². The number of nitrogens with two attached hydrogens (primary N) is 1. The number of hydrogen-bond donors (Lipinski definition) is 2. The molecule has 1 rings (SSSR count). The highest BCUT2D eigenvalue weighted by atomic mass is 16.5. The minimum Gasteiger partial charge on any atom is -0.383 e. The minimum absolute atomic E-state index is 0.125. The van der Waals surface area contributed by atoms with Crippen LogP contribution in [0.15, 0.2) is 0 Å². The van der Waals surface area contributed by atoms with Crippen molar-refractivity contribution >= 4 is 5.91 Å². The van der Waals surface area contributed by atoms with Gasteiger partial charge in [0.05, 0.1) is 6.61 Å². The van der Waals surface area contributed by atoms with Gasteiger partial charge in [0.15, 0.2) is 0 Å². The SMILES string of the molecule is COCC(N)C(=O)NC1C(C)(C)C1(C)C. The monoisotopic (exact) mass is 214 g/mol. The number of ether oxygens (including phenoxy) is 1. The van der Waals surface area contributed by atoms with Crippen LogP contribution in [0.4, 0.5) is 0 Å². The van der Waals surface area contributed by atoms with Crippen molar-refractivity contribution in [2.45, 2.75) is 39.8 Å². The quantitative estimate of drug-likeness (QED) is 0.716. The topological polar surface area (TPSA) is 64.3 Å². The van der Waals surface area contributed by atoms with Gasteiger partial charge in [-0.3, -0.25) is 4.79 Å². The molecule has 3 N–H and O–H groups in total. The van der Waals surface area contributed by atoms with Crippen molar-refractivity contribution in [3.63, 3.8) is 0 Å². The zero-order valence-corrected chi connectivity index (χ0v) is 10.3. The molecule has 0 heterocycles. The van der Waals surface area contributed by atoms with Crippen molar-refractivity contribution in [2.24, 2.45) is 16.6 Å². The van der Waals surface area contributed by atoms with E-state index in [9.17, 15) is 4.79 Å². The van der Waals surface area contributed by atoms with Crippen LogP contribution in [0.2, 0.25) is 0 Å². The fourth-order valence-electron chi connectivity index (χ4n) is 2.06. The number of amides is 1. The lowest BCUT2D eigenvalue weighted by Gasteiger charge is -2.12. The van der Waals surface area contributed by atoms with E-state index in [0.717, 1.165) is 0 Å². The van der Waals surface area contributed by atoms with E-state index < -0.39 is 6.04 Å². The van der Waals surface area contributed by atoms with Gasteiger partial charge in [-0.2, -0.15) is 0 Å². The van der Waals surface area contributed by atoms with Gasteiger partial charge < -0.3 is 15.8 Å². The molecule has 1 amide bonds. The van der Waals surface area contributed by atoms with Crippen LogP contribution in [0.25, 0.3) is 0 Å². The Balaban J connectivity index is 2.48. The summed E-state index contributed by atoms with van der Waals surface area (Å²) >= 11 is 0. The number of nitrogens with one attached hydrogen (secondary N) is 1. The van der Waals surface area contributed by atoms with Gasteiger partial charge in [0, 0.05) is 13.2 Å². The van der Waals surface area contributed by atoms with E-state index in [1.165, 1.54) is 7.11 Å². The molecule has 0 aromatic carbocycles. The predicted molar refractivity (Wildman–Crippen MR) is 59.3 cm³/mol. The van der Waals surface area contributed by atoms with E-state index in [1.807, 2.05) is 0 Å². The third kappa shape index (κ3) is 2.01. The fourth-order valence-corrected chi connectivity index (χ4v) is 2.06. The highest BCUT2D eigenvalue weighted by molar-refractivity contribution is 5.82. The van der Waals surface area contributed by atoms with Crippen molar-refractivity contribution < 1.29 is 9.53 Å². The van der Waals surface area contributed by atoms with E-state index in [2.05, 4.69) is 33.0 Å². The Morgan fingerprint density at radius 3 is 2.20 bits per heavy atom. The first-order chi connectivity index (χ1) is 6.75. The van der Waals surface area contributed by atoms with Crippen LogP contribution in [0.3, 0.4) is 0 Å². The molecule has 1 fully saturated rings. The van der Waals surface area contributed by atoms with Crippen molar-refractivity contribution in [3.05, 3.63) is 0 Å². The number of carbonyl (C=O) groups excluding carboxylic acids is 1. The Morgan fingerprint density at radius 1 is 1.40 bits per heavy atom. The number of rotatable bonds is 4. The molecule has 0 saturated heterocycles. The molecule has 1 aliphatic carbocycles. The largest absolute Gasteiger partial charge is 0.383 e. The van der Waals surface area contributed by atoms with E-state index in [1.54, 1.807) is 0 Å². The number of methoxy groups -OCH3 is 1. The maximum Gasteiger partial charge on any atom is 0.239 e. The second-order valence-corrected chi connectivity index (χ2v) is 5.45. The first kappa shape index (κ1) is 12.5. The maximum atomic E-state index is 11.6. The minimum atomic E-state index is -0.567. The first-order valence-electron chi connectivity index (χ1n) is 5.30. The molecule has 88 valence electrons. The summed E-state index contributed by atoms with van der Waals surface area (Å²) in [5, 5.41) is 2.98. The Bertz CT molecular complexity index is 247. The average molecular weight is 214 g/mol. The highest BCUT2D eigenvalue weighted by Gasteiger charge is 2.65. The summed E-state index contributed by atoms with van der Waals surface area (Å²) in [5.41, 5.74) is 5.94. The van der Waals surface area contributed by atoms with Crippen molar-refractivity contribution in [2.75, 3.05) is 13.7 Å². The molecular formula is C11H22N2O2. The van der Waals surface area contributed by atoms with Crippen molar-refractivity contribution in [3.8, 4) is 0 Å².